The number of sulfonamides is 1. The molecule has 0 bridgehead atoms. The van der Waals surface area contributed by atoms with E-state index in [4.69, 9.17) is 4.74 Å². The summed E-state index contributed by atoms with van der Waals surface area (Å²) in [6, 6.07) is 5.53. The summed E-state index contributed by atoms with van der Waals surface area (Å²) in [5, 5.41) is 12.5. The quantitative estimate of drug-likeness (QED) is 0.593. The van der Waals surface area contributed by atoms with Crippen LogP contribution in [0.4, 0.5) is 13.2 Å². The van der Waals surface area contributed by atoms with Crippen molar-refractivity contribution >= 4 is 15.9 Å². The number of halogens is 3. The van der Waals surface area contributed by atoms with Crippen LogP contribution in [0.3, 0.4) is 0 Å². The van der Waals surface area contributed by atoms with Gasteiger partial charge in [0, 0.05) is 32.9 Å². The fourth-order valence-electron chi connectivity index (χ4n) is 3.47. The summed E-state index contributed by atoms with van der Waals surface area (Å²) in [6.07, 6.45) is -1.78. The van der Waals surface area contributed by atoms with Crippen molar-refractivity contribution < 1.29 is 36.2 Å². The minimum absolute atomic E-state index is 0.0190. The van der Waals surface area contributed by atoms with Gasteiger partial charge in [-0.15, -0.1) is 0 Å². The van der Waals surface area contributed by atoms with E-state index in [0.717, 1.165) is 31.4 Å². The lowest BCUT2D eigenvalue weighted by Gasteiger charge is -2.25. The van der Waals surface area contributed by atoms with Gasteiger partial charge in [-0.3, -0.25) is 4.79 Å². The summed E-state index contributed by atoms with van der Waals surface area (Å²) >= 11 is 0. The fraction of sp³-hybridized carbons (Fsp3) is 0.476. The zero-order valence-electron chi connectivity index (χ0n) is 18.0. The molecule has 0 radical (unpaired) electrons. The lowest BCUT2D eigenvalue weighted by molar-refractivity contribution is -0.137. The van der Waals surface area contributed by atoms with Crippen LogP contribution < -0.4 is 10.1 Å². The molecule has 1 saturated heterocycles. The van der Waals surface area contributed by atoms with Gasteiger partial charge in [-0.1, -0.05) is 12.5 Å². The second kappa shape index (κ2) is 10.1. The monoisotopic (exact) mass is 489 g/mol. The van der Waals surface area contributed by atoms with Crippen LogP contribution in [-0.2, 0) is 23.2 Å². The molecule has 12 heteroatoms. The molecule has 1 aromatic carbocycles. The van der Waals surface area contributed by atoms with E-state index in [-0.39, 0.29) is 29.5 Å². The van der Waals surface area contributed by atoms with Crippen molar-refractivity contribution in [3.8, 4) is 5.75 Å². The molecule has 1 aliphatic rings. The number of aromatic nitrogens is 1. The first kappa shape index (κ1) is 25.1. The number of hydrogen-bond donors (Lipinski definition) is 2. The third-order valence-electron chi connectivity index (χ3n) is 5.27. The molecule has 33 heavy (non-hydrogen) atoms. The molecule has 1 amide bonds. The molecule has 0 aliphatic carbocycles. The van der Waals surface area contributed by atoms with E-state index in [1.807, 2.05) is 0 Å². The van der Waals surface area contributed by atoms with E-state index in [2.05, 4.69) is 5.32 Å². The molecule has 8 nitrogen and oxygen atoms in total. The van der Waals surface area contributed by atoms with Crippen LogP contribution in [0.1, 0.15) is 35.3 Å². The van der Waals surface area contributed by atoms with Gasteiger partial charge in [0.2, 0.25) is 10.0 Å². The van der Waals surface area contributed by atoms with Gasteiger partial charge < -0.3 is 19.7 Å². The maximum atomic E-state index is 12.8. The minimum Gasteiger partial charge on any atom is -0.491 e. The van der Waals surface area contributed by atoms with Crippen LogP contribution in [0.25, 0.3) is 0 Å². The molecule has 2 heterocycles. The largest absolute Gasteiger partial charge is 0.491 e. The average molecular weight is 490 g/mol. The van der Waals surface area contributed by atoms with Crippen LogP contribution >= 0.6 is 0 Å². The summed E-state index contributed by atoms with van der Waals surface area (Å²) in [7, 11) is -2.16. The molecule has 0 spiro atoms. The molecular weight excluding hydrogens is 463 g/mol. The number of piperidine rings is 1. The second-order valence-electron chi connectivity index (χ2n) is 7.84. The zero-order chi connectivity index (χ0) is 24.2. The van der Waals surface area contributed by atoms with Crippen molar-refractivity contribution in [3.63, 3.8) is 0 Å². The van der Waals surface area contributed by atoms with Crippen molar-refractivity contribution in [2.24, 2.45) is 7.05 Å². The number of carbonyl (C=O) groups excluding carboxylic acids is 1. The first-order valence-electron chi connectivity index (χ1n) is 10.4. The second-order valence-corrected chi connectivity index (χ2v) is 9.78. The minimum atomic E-state index is -4.51. The van der Waals surface area contributed by atoms with Gasteiger partial charge in [0.15, 0.2) is 0 Å². The molecular formula is C21H26F3N3O5S. The predicted molar refractivity (Wildman–Crippen MR) is 113 cm³/mol. The number of aliphatic hydroxyl groups excluding tert-OH is 1. The number of carbonyl (C=O) groups is 1. The summed E-state index contributed by atoms with van der Waals surface area (Å²) in [5.41, 5.74) is -0.779. The van der Waals surface area contributed by atoms with Crippen molar-refractivity contribution in [1.82, 2.24) is 14.2 Å². The van der Waals surface area contributed by atoms with Gasteiger partial charge in [-0.2, -0.15) is 17.5 Å². The summed E-state index contributed by atoms with van der Waals surface area (Å²) in [5.74, 6) is -0.666. The number of nitrogens with zero attached hydrogens (tertiary/aromatic N) is 2. The van der Waals surface area contributed by atoms with E-state index in [1.165, 1.54) is 40.3 Å². The lowest BCUT2D eigenvalue weighted by atomic mass is 10.2. The first-order valence-corrected chi connectivity index (χ1v) is 11.9. The predicted octanol–water partition coefficient (Wildman–Crippen LogP) is 2.39. The Kier molecular flexibility index (Phi) is 7.70. The van der Waals surface area contributed by atoms with Gasteiger partial charge in [0.1, 0.15) is 29.0 Å². The number of nitrogens with one attached hydrogen (secondary N) is 1. The van der Waals surface area contributed by atoms with Gasteiger partial charge in [-0.05, 0) is 37.1 Å². The smallest absolute Gasteiger partial charge is 0.416 e. The van der Waals surface area contributed by atoms with Crippen LogP contribution in [-0.4, -0.2) is 60.6 Å². The van der Waals surface area contributed by atoms with Crippen molar-refractivity contribution in [2.45, 2.75) is 36.4 Å². The van der Waals surface area contributed by atoms with Crippen LogP contribution in [0.2, 0.25) is 0 Å². The molecule has 1 atom stereocenters. The van der Waals surface area contributed by atoms with Crippen LogP contribution in [0, 0.1) is 0 Å². The number of amides is 1. The SMILES string of the molecule is Cn1cc(S(=O)(=O)N2CCCCC2)cc1C(=O)NCC(O)COc1cccc(C(F)(F)F)c1. The van der Waals surface area contributed by atoms with Crippen molar-refractivity contribution in [1.29, 1.82) is 0 Å². The number of rotatable bonds is 8. The molecule has 1 aromatic heterocycles. The fourth-order valence-corrected chi connectivity index (χ4v) is 5.06. The van der Waals surface area contributed by atoms with E-state index in [9.17, 15) is 31.5 Å². The Morgan fingerprint density at radius 1 is 1.21 bits per heavy atom. The zero-order valence-corrected chi connectivity index (χ0v) is 18.8. The third kappa shape index (κ3) is 6.27. The first-order chi connectivity index (χ1) is 15.5. The van der Waals surface area contributed by atoms with Crippen LogP contribution in [0.5, 0.6) is 5.75 Å². The Hall–Kier alpha value is -2.57. The standard InChI is InChI=1S/C21H26F3N3O5S/c1-26-13-18(33(30,31)27-8-3-2-4-9-27)11-19(26)20(29)25-12-16(28)14-32-17-7-5-6-15(10-17)21(22,23)24/h5-7,10-11,13,16,28H,2-4,8-9,12,14H2,1H3,(H,25,29). The highest BCUT2D eigenvalue weighted by Gasteiger charge is 2.31. The molecule has 2 aromatic rings. The van der Waals surface area contributed by atoms with Crippen molar-refractivity contribution in [2.75, 3.05) is 26.2 Å². The number of aliphatic hydroxyl groups is 1. The number of ether oxygens (including phenoxy) is 1. The molecule has 0 saturated carbocycles. The Labute approximate surface area is 190 Å². The van der Waals surface area contributed by atoms with Gasteiger partial charge in [-0.25, -0.2) is 8.42 Å². The number of hydrogen-bond acceptors (Lipinski definition) is 5. The molecule has 1 aliphatic heterocycles. The molecule has 182 valence electrons. The number of alkyl halides is 3. The van der Waals surface area contributed by atoms with E-state index in [0.29, 0.717) is 13.1 Å². The van der Waals surface area contributed by atoms with E-state index < -0.39 is 33.8 Å². The number of benzene rings is 1. The Bertz CT molecular complexity index is 1080. The third-order valence-corrected chi connectivity index (χ3v) is 7.13. The maximum absolute atomic E-state index is 12.8. The highest BCUT2D eigenvalue weighted by atomic mass is 32.2. The molecule has 1 unspecified atom stereocenters. The van der Waals surface area contributed by atoms with Gasteiger partial charge in [0.05, 0.1) is 5.56 Å². The Morgan fingerprint density at radius 2 is 1.91 bits per heavy atom. The molecule has 3 rings (SSSR count). The van der Waals surface area contributed by atoms with Gasteiger partial charge >= 0.3 is 6.18 Å². The maximum Gasteiger partial charge on any atom is 0.416 e. The average Bonchev–Trinajstić information content (AvgIpc) is 3.19. The van der Waals surface area contributed by atoms with Gasteiger partial charge in [0.25, 0.3) is 5.91 Å². The summed E-state index contributed by atoms with van der Waals surface area (Å²) in [4.78, 5) is 12.5. The van der Waals surface area contributed by atoms with Crippen molar-refractivity contribution in [3.05, 3.63) is 47.8 Å². The highest BCUT2D eigenvalue weighted by Crippen LogP contribution is 2.31. The highest BCUT2D eigenvalue weighted by molar-refractivity contribution is 7.89. The lowest BCUT2D eigenvalue weighted by Crippen LogP contribution is -2.36. The van der Waals surface area contributed by atoms with Crippen LogP contribution in [0.15, 0.2) is 41.4 Å². The van der Waals surface area contributed by atoms with E-state index in [1.54, 1.807) is 0 Å². The summed E-state index contributed by atoms with van der Waals surface area (Å²) < 4.78 is 71.9. The molecule has 2 N–H and O–H groups in total. The summed E-state index contributed by atoms with van der Waals surface area (Å²) in [6.45, 7) is 0.300. The topological polar surface area (TPSA) is 101 Å². The van der Waals surface area contributed by atoms with E-state index >= 15 is 0 Å². The Morgan fingerprint density at radius 3 is 2.58 bits per heavy atom. The Balaban J connectivity index is 1.55. The molecule has 1 fully saturated rings. The number of aryl methyl sites for hydroxylation is 1. The normalized spacial score (nSPS) is 16.4.